The first kappa shape index (κ1) is 14.5. The van der Waals surface area contributed by atoms with Crippen molar-refractivity contribution in [3.8, 4) is 0 Å². The van der Waals surface area contributed by atoms with Crippen LogP contribution < -0.4 is 10.5 Å². The second-order valence-corrected chi connectivity index (χ2v) is 7.46. The summed E-state index contributed by atoms with van der Waals surface area (Å²) in [5, 5.41) is 5.41. The first-order chi connectivity index (χ1) is 9.98. The molecule has 0 aliphatic carbocycles. The number of aryl methyl sites for hydroxylation is 1. The average Bonchev–Trinajstić information content (AvgIpc) is 2.78. The van der Waals surface area contributed by atoms with Crippen LogP contribution in [-0.2, 0) is 6.42 Å². The maximum atomic E-state index is 12.1. The van der Waals surface area contributed by atoms with Crippen molar-refractivity contribution in [2.75, 3.05) is 18.0 Å². The van der Waals surface area contributed by atoms with E-state index in [1.165, 1.54) is 28.7 Å². The van der Waals surface area contributed by atoms with Gasteiger partial charge in [-0.25, -0.2) is 4.98 Å². The third-order valence-electron chi connectivity index (χ3n) is 4.26. The van der Waals surface area contributed by atoms with Crippen LogP contribution in [0.1, 0.15) is 45.7 Å². The number of hydrogen-bond acceptors (Lipinski definition) is 5. The third-order valence-corrected chi connectivity index (χ3v) is 5.23. The molecule has 0 atom stereocenters. The SMILES string of the molecule is CCc1cc(=O)n2nc(N3CCCC(C)(C)CC3)sc2n1. The zero-order valence-corrected chi connectivity index (χ0v) is 13.7. The molecule has 2 aromatic rings. The Morgan fingerprint density at radius 2 is 2.14 bits per heavy atom. The molecule has 1 saturated heterocycles. The van der Waals surface area contributed by atoms with E-state index >= 15 is 0 Å². The Morgan fingerprint density at radius 3 is 2.90 bits per heavy atom. The minimum Gasteiger partial charge on any atom is -0.347 e. The van der Waals surface area contributed by atoms with Gasteiger partial charge in [0.15, 0.2) is 0 Å². The molecule has 21 heavy (non-hydrogen) atoms. The molecular formula is C15H22N4OS. The fourth-order valence-electron chi connectivity index (χ4n) is 2.77. The van der Waals surface area contributed by atoms with Crippen molar-refractivity contribution in [1.82, 2.24) is 14.6 Å². The van der Waals surface area contributed by atoms with Gasteiger partial charge >= 0.3 is 0 Å². The number of rotatable bonds is 2. The highest BCUT2D eigenvalue weighted by Crippen LogP contribution is 2.32. The molecular weight excluding hydrogens is 284 g/mol. The maximum Gasteiger partial charge on any atom is 0.275 e. The summed E-state index contributed by atoms with van der Waals surface area (Å²) < 4.78 is 1.44. The molecule has 1 aliphatic rings. The van der Waals surface area contributed by atoms with Gasteiger partial charge in [0, 0.05) is 24.8 Å². The predicted octanol–water partition coefficient (Wildman–Crippen LogP) is 2.73. The van der Waals surface area contributed by atoms with Crippen LogP contribution >= 0.6 is 11.3 Å². The molecule has 6 heteroatoms. The second-order valence-electron chi connectivity index (χ2n) is 6.52. The molecule has 0 saturated carbocycles. The van der Waals surface area contributed by atoms with Gasteiger partial charge in [-0.1, -0.05) is 32.1 Å². The molecule has 114 valence electrons. The lowest BCUT2D eigenvalue weighted by Crippen LogP contribution is -2.25. The van der Waals surface area contributed by atoms with Gasteiger partial charge in [0.05, 0.1) is 0 Å². The number of hydrogen-bond donors (Lipinski definition) is 0. The fraction of sp³-hybridized carbons (Fsp3) is 0.667. The summed E-state index contributed by atoms with van der Waals surface area (Å²) in [5.74, 6) is 0. The lowest BCUT2D eigenvalue weighted by Gasteiger charge is -2.22. The predicted molar refractivity (Wildman–Crippen MR) is 86.4 cm³/mol. The summed E-state index contributed by atoms with van der Waals surface area (Å²) in [5.41, 5.74) is 1.16. The summed E-state index contributed by atoms with van der Waals surface area (Å²) >= 11 is 1.52. The minimum absolute atomic E-state index is 0.0745. The highest BCUT2D eigenvalue weighted by atomic mass is 32.1. The van der Waals surface area contributed by atoms with Crippen molar-refractivity contribution in [2.24, 2.45) is 5.41 Å². The summed E-state index contributed by atoms with van der Waals surface area (Å²) in [6.07, 6.45) is 4.35. The molecule has 0 aromatic carbocycles. The molecule has 1 fully saturated rings. The van der Waals surface area contributed by atoms with E-state index in [-0.39, 0.29) is 5.56 Å². The van der Waals surface area contributed by atoms with Gasteiger partial charge in [-0.15, -0.1) is 5.10 Å². The van der Waals surface area contributed by atoms with Crippen LogP contribution in [0.5, 0.6) is 0 Å². The van der Waals surface area contributed by atoms with Crippen LogP contribution in [0.3, 0.4) is 0 Å². The number of nitrogens with zero attached hydrogens (tertiary/aromatic N) is 4. The van der Waals surface area contributed by atoms with Gasteiger partial charge in [-0.05, 0) is 31.1 Å². The fourth-order valence-corrected chi connectivity index (χ4v) is 3.75. The van der Waals surface area contributed by atoms with Gasteiger partial charge in [-0.2, -0.15) is 4.52 Å². The van der Waals surface area contributed by atoms with Gasteiger partial charge in [0.1, 0.15) is 0 Å². The van der Waals surface area contributed by atoms with Crippen molar-refractivity contribution in [3.05, 3.63) is 22.1 Å². The second kappa shape index (κ2) is 5.40. The van der Waals surface area contributed by atoms with Crippen LogP contribution in [-0.4, -0.2) is 27.7 Å². The molecule has 0 N–H and O–H groups in total. The Morgan fingerprint density at radius 1 is 1.33 bits per heavy atom. The van der Waals surface area contributed by atoms with Crippen molar-refractivity contribution in [3.63, 3.8) is 0 Å². The Labute approximate surface area is 128 Å². The van der Waals surface area contributed by atoms with E-state index in [0.29, 0.717) is 10.4 Å². The Kier molecular flexibility index (Phi) is 3.73. The van der Waals surface area contributed by atoms with Gasteiger partial charge < -0.3 is 4.90 Å². The van der Waals surface area contributed by atoms with Crippen molar-refractivity contribution < 1.29 is 0 Å². The number of anilines is 1. The van der Waals surface area contributed by atoms with Crippen molar-refractivity contribution in [2.45, 2.75) is 46.5 Å². The van der Waals surface area contributed by atoms with Crippen LogP contribution in [0, 0.1) is 5.41 Å². The number of fused-ring (bicyclic) bond motifs is 1. The lowest BCUT2D eigenvalue weighted by molar-refractivity contribution is 0.325. The van der Waals surface area contributed by atoms with Crippen molar-refractivity contribution in [1.29, 1.82) is 0 Å². The van der Waals surface area contributed by atoms with Gasteiger partial charge in [0.25, 0.3) is 5.56 Å². The molecule has 3 rings (SSSR count). The van der Waals surface area contributed by atoms with E-state index in [1.54, 1.807) is 6.07 Å². The standard InChI is InChI=1S/C15H22N4OS/c1-4-11-10-12(20)19-13(16-11)21-14(17-19)18-8-5-6-15(2,3)7-9-18/h10H,4-9H2,1-3H3. The summed E-state index contributed by atoms with van der Waals surface area (Å²) in [7, 11) is 0. The molecule has 0 spiro atoms. The molecule has 1 aliphatic heterocycles. The Bertz CT molecular complexity index is 703. The van der Waals surface area contributed by atoms with E-state index in [2.05, 4.69) is 28.8 Å². The van der Waals surface area contributed by atoms with E-state index in [1.807, 2.05) is 6.92 Å². The van der Waals surface area contributed by atoms with Crippen molar-refractivity contribution >= 4 is 21.4 Å². The van der Waals surface area contributed by atoms with Gasteiger partial charge in [0.2, 0.25) is 10.1 Å². The van der Waals surface area contributed by atoms with Crippen LogP contribution in [0.15, 0.2) is 10.9 Å². The zero-order chi connectivity index (χ0) is 15.0. The summed E-state index contributed by atoms with van der Waals surface area (Å²) in [6, 6.07) is 1.59. The largest absolute Gasteiger partial charge is 0.347 e. The maximum absolute atomic E-state index is 12.1. The molecule has 5 nitrogen and oxygen atoms in total. The summed E-state index contributed by atoms with van der Waals surface area (Å²) in [4.78, 5) is 19.6. The average molecular weight is 306 g/mol. The van der Waals surface area contributed by atoms with E-state index in [0.717, 1.165) is 36.8 Å². The monoisotopic (exact) mass is 306 g/mol. The quantitative estimate of drug-likeness (QED) is 0.856. The molecule has 0 amide bonds. The molecule has 0 radical (unpaired) electrons. The molecule has 0 bridgehead atoms. The van der Waals surface area contributed by atoms with E-state index < -0.39 is 0 Å². The highest BCUT2D eigenvalue weighted by Gasteiger charge is 2.25. The van der Waals surface area contributed by atoms with Crippen LogP contribution in [0.2, 0.25) is 0 Å². The van der Waals surface area contributed by atoms with Crippen LogP contribution in [0.4, 0.5) is 5.13 Å². The topological polar surface area (TPSA) is 50.5 Å². The zero-order valence-electron chi connectivity index (χ0n) is 12.9. The Balaban J connectivity index is 1.94. The van der Waals surface area contributed by atoms with E-state index in [4.69, 9.17) is 0 Å². The first-order valence-electron chi connectivity index (χ1n) is 7.63. The minimum atomic E-state index is -0.0745. The van der Waals surface area contributed by atoms with Gasteiger partial charge in [-0.3, -0.25) is 4.79 Å². The third kappa shape index (κ3) is 2.95. The molecule has 0 unspecified atom stereocenters. The summed E-state index contributed by atoms with van der Waals surface area (Å²) in [6.45, 7) is 8.68. The Hall–Kier alpha value is -1.43. The molecule has 2 aromatic heterocycles. The lowest BCUT2D eigenvalue weighted by atomic mass is 9.85. The highest BCUT2D eigenvalue weighted by molar-refractivity contribution is 7.20. The van der Waals surface area contributed by atoms with E-state index in [9.17, 15) is 4.79 Å². The normalized spacial score (nSPS) is 18.9. The molecule has 3 heterocycles. The first-order valence-corrected chi connectivity index (χ1v) is 8.45. The van der Waals surface area contributed by atoms with Crippen LogP contribution in [0.25, 0.3) is 4.96 Å². The number of aromatic nitrogens is 3. The smallest absolute Gasteiger partial charge is 0.275 e.